The molecule has 6 heteroatoms. The molecule has 1 N–H and O–H groups in total. The van der Waals surface area contributed by atoms with Crippen LogP contribution in [-0.4, -0.2) is 40.7 Å². The summed E-state index contributed by atoms with van der Waals surface area (Å²) in [6.45, 7) is 8.19. The lowest BCUT2D eigenvalue weighted by Gasteiger charge is -2.20. The number of aromatic nitrogens is 2. The fraction of sp³-hybridized carbons (Fsp3) is 0.421. The van der Waals surface area contributed by atoms with E-state index in [9.17, 15) is 4.79 Å². The van der Waals surface area contributed by atoms with Crippen LogP contribution in [0.3, 0.4) is 0 Å². The highest BCUT2D eigenvalue weighted by molar-refractivity contribution is 5.92. The first-order valence-corrected chi connectivity index (χ1v) is 8.80. The maximum absolute atomic E-state index is 12.5. The van der Waals surface area contributed by atoms with Crippen molar-refractivity contribution < 1.29 is 9.53 Å². The Morgan fingerprint density at radius 2 is 1.68 bits per heavy atom. The molecule has 134 valence electrons. The second-order valence-electron chi connectivity index (χ2n) is 5.68. The third kappa shape index (κ3) is 5.45. The van der Waals surface area contributed by atoms with Gasteiger partial charge in [-0.25, -0.2) is 0 Å². The Balaban J connectivity index is 2.02. The number of benzene rings is 1. The normalized spacial score (nSPS) is 10.4. The van der Waals surface area contributed by atoms with Gasteiger partial charge >= 0.3 is 0 Å². The Bertz CT molecular complexity index is 650. The van der Waals surface area contributed by atoms with Gasteiger partial charge in [-0.2, -0.15) is 0 Å². The van der Waals surface area contributed by atoms with E-state index in [1.165, 1.54) is 0 Å². The van der Waals surface area contributed by atoms with Gasteiger partial charge in [0.2, 0.25) is 0 Å². The second kappa shape index (κ2) is 9.61. The van der Waals surface area contributed by atoms with Crippen LogP contribution in [-0.2, 0) is 0 Å². The zero-order valence-corrected chi connectivity index (χ0v) is 15.2. The number of hydrogen-bond acceptors (Lipinski definition) is 5. The molecule has 1 amide bonds. The van der Waals surface area contributed by atoms with Crippen LogP contribution in [0.1, 0.15) is 44.1 Å². The highest BCUT2D eigenvalue weighted by Gasteiger charge is 2.16. The van der Waals surface area contributed by atoms with Gasteiger partial charge in [0.25, 0.3) is 5.91 Å². The van der Waals surface area contributed by atoms with Crippen molar-refractivity contribution in [1.82, 2.24) is 15.1 Å². The average Bonchev–Trinajstić information content (AvgIpc) is 2.63. The molecular formula is C19H26N4O2. The average molecular weight is 342 g/mol. The standard InChI is InChI=1S/C19H26N4O2/c1-4-13-23(14-5-2)19(24)17-11-12-18(22-21-17)20-15-7-9-16(10-8-15)25-6-3/h7-12H,4-6,13-14H2,1-3H3,(H,20,22). The van der Waals surface area contributed by atoms with Gasteiger partial charge in [0.15, 0.2) is 11.5 Å². The molecular weight excluding hydrogens is 316 g/mol. The van der Waals surface area contributed by atoms with Crippen LogP contribution < -0.4 is 10.1 Å². The van der Waals surface area contributed by atoms with E-state index < -0.39 is 0 Å². The molecule has 2 rings (SSSR count). The number of nitrogens with one attached hydrogen (secondary N) is 1. The van der Waals surface area contributed by atoms with Crippen molar-refractivity contribution in [2.75, 3.05) is 25.0 Å². The van der Waals surface area contributed by atoms with Crippen LogP contribution in [0.15, 0.2) is 36.4 Å². The van der Waals surface area contributed by atoms with Crippen LogP contribution in [0.25, 0.3) is 0 Å². The first-order chi connectivity index (χ1) is 12.2. The molecule has 0 aliphatic heterocycles. The summed E-state index contributed by atoms with van der Waals surface area (Å²) in [5, 5.41) is 11.4. The lowest BCUT2D eigenvalue weighted by molar-refractivity contribution is 0.0748. The number of carbonyl (C=O) groups excluding carboxylic acids is 1. The van der Waals surface area contributed by atoms with Crippen LogP contribution >= 0.6 is 0 Å². The molecule has 0 aliphatic carbocycles. The summed E-state index contributed by atoms with van der Waals surface area (Å²) in [5.41, 5.74) is 1.26. The third-order valence-electron chi connectivity index (χ3n) is 3.60. The van der Waals surface area contributed by atoms with Gasteiger partial charge in [-0.15, -0.1) is 10.2 Å². The van der Waals surface area contributed by atoms with Gasteiger partial charge < -0.3 is 15.0 Å². The highest BCUT2D eigenvalue weighted by atomic mass is 16.5. The second-order valence-corrected chi connectivity index (χ2v) is 5.68. The zero-order chi connectivity index (χ0) is 18.1. The van der Waals surface area contributed by atoms with Crippen LogP contribution in [0, 0.1) is 0 Å². The maximum Gasteiger partial charge on any atom is 0.274 e. The van der Waals surface area contributed by atoms with Gasteiger partial charge in [0.05, 0.1) is 6.61 Å². The lowest BCUT2D eigenvalue weighted by atomic mass is 10.2. The minimum atomic E-state index is -0.0659. The van der Waals surface area contributed by atoms with Crippen molar-refractivity contribution in [2.45, 2.75) is 33.6 Å². The van der Waals surface area contributed by atoms with E-state index >= 15 is 0 Å². The first kappa shape index (κ1) is 18.7. The number of anilines is 2. The predicted octanol–water partition coefficient (Wildman–Crippen LogP) is 3.88. The molecule has 0 unspecified atom stereocenters. The number of ether oxygens (including phenoxy) is 1. The molecule has 0 saturated carbocycles. The molecule has 1 aromatic heterocycles. The van der Waals surface area contributed by atoms with E-state index in [0.29, 0.717) is 18.1 Å². The molecule has 1 heterocycles. The van der Waals surface area contributed by atoms with Crippen molar-refractivity contribution in [2.24, 2.45) is 0 Å². The molecule has 6 nitrogen and oxygen atoms in total. The van der Waals surface area contributed by atoms with E-state index in [0.717, 1.165) is 37.4 Å². The summed E-state index contributed by atoms with van der Waals surface area (Å²) in [5.74, 6) is 1.36. The predicted molar refractivity (Wildman–Crippen MR) is 99.4 cm³/mol. The van der Waals surface area contributed by atoms with E-state index in [2.05, 4.69) is 29.4 Å². The molecule has 25 heavy (non-hydrogen) atoms. The lowest BCUT2D eigenvalue weighted by Crippen LogP contribution is -2.33. The summed E-state index contributed by atoms with van der Waals surface area (Å²) in [6, 6.07) is 11.1. The summed E-state index contributed by atoms with van der Waals surface area (Å²) in [7, 11) is 0. The van der Waals surface area contributed by atoms with Crippen molar-refractivity contribution in [3.63, 3.8) is 0 Å². The molecule has 2 aromatic rings. The zero-order valence-electron chi connectivity index (χ0n) is 15.2. The Kier molecular flexibility index (Phi) is 7.19. The number of amides is 1. The van der Waals surface area contributed by atoms with Crippen LogP contribution in [0.4, 0.5) is 11.5 Å². The topological polar surface area (TPSA) is 67.4 Å². The first-order valence-electron chi connectivity index (χ1n) is 8.80. The fourth-order valence-electron chi connectivity index (χ4n) is 2.48. The van der Waals surface area contributed by atoms with Gasteiger partial charge in [-0.1, -0.05) is 13.8 Å². The maximum atomic E-state index is 12.5. The molecule has 0 atom stereocenters. The van der Waals surface area contributed by atoms with Gasteiger partial charge in [0, 0.05) is 18.8 Å². The van der Waals surface area contributed by atoms with Crippen LogP contribution in [0.5, 0.6) is 5.75 Å². The van der Waals surface area contributed by atoms with Gasteiger partial charge in [-0.3, -0.25) is 4.79 Å². The molecule has 0 aliphatic rings. The summed E-state index contributed by atoms with van der Waals surface area (Å²) >= 11 is 0. The Morgan fingerprint density at radius 1 is 1.00 bits per heavy atom. The highest BCUT2D eigenvalue weighted by Crippen LogP contribution is 2.18. The molecule has 0 fully saturated rings. The SMILES string of the molecule is CCCN(CCC)C(=O)c1ccc(Nc2ccc(OCC)cc2)nn1. The summed E-state index contributed by atoms with van der Waals surface area (Å²) in [4.78, 5) is 14.3. The number of rotatable bonds is 9. The molecule has 1 aromatic carbocycles. The van der Waals surface area contributed by atoms with Gasteiger partial charge in [0.1, 0.15) is 5.75 Å². The van der Waals surface area contributed by atoms with E-state index in [1.807, 2.05) is 36.1 Å². The molecule has 0 spiro atoms. The van der Waals surface area contributed by atoms with Crippen molar-refractivity contribution >= 4 is 17.4 Å². The number of hydrogen-bond donors (Lipinski definition) is 1. The minimum absolute atomic E-state index is 0.0659. The van der Waals surface area contributed by atoms with E-state index in [1.54, 1.807) is 12.1 Å². The Morgan fingerprint density at radius 3 is 2.20 bits per heavy atom. The number of nitrogens with zero attached hydrogens (tertiary/aromatic N) is 3. The van der Waals surface area contributed by atoms with Gasteiger partial charge in [-0.05, 0) is 56.2 Å². The van der Waals surface area contributed by atoms with Crippen molar-refractivity contribution in [3.05, 3.63) is 42.1 Å². The molecule has 0 saturated heterocycles. The quantitative estimate of drug-likeness (QED) is 0.749. The van der Waals surface area contributed by atoms with Crippen LogP contribution in [0.2, 0.25) is 0 Å². The minimum Gasteiger partial charge on any atom is -0.494 e. The number of carbonyl (C=O) groups is 1. The monoisotopic (exact) mass is 342 g/mol. The van der Waals surface area contributed by atoms with Crippen molar-refractivity contribution in [1.29, 1.82) is 0 Å². The van der Waals surface area contributed by atoms with E-state index in [4.69, 9.17) is 4.74 Å². The smallest absolute Gasteiger partial charge is 0.274 e. The largest absolute Gasteiger partial charge is 0.494 e. The molecule has 0 bridgehead atoms. The Hall–Kier alpha value is -2.63. The summed E-state index contributed by atoms with van der Waals surface area (Å²) < 4.78 is 5.42. The summed E-state index contributed by atoms with van der Waals surface area (Å²) in [6.07, 6.45) is 1.85. The third-order valence-corrected chi connectivity index (χ3v) is 3.60. The molecule has 0 radical (unpaired) electrons. The Labute approximate surface area is 149 Å². The van der Waals surface area contributed by atoms with Crippen molar-refractivity contribution in [3.8, 4) is 5.75 Å². The fourth-order valence-corrected chi connectivity index (χ4v) is 2.48. The van der Waals surface area contributed by atoms with E-state index in [-0.39, 0.29) is 5.91 Å².